The molecule has 0 spiro atoms. The molecule has 1 N–H and O–H groups in total. The number of aromatic nitrogens is 1. The van der Waals surface area contributed by atoms with E-state index in [9.17, 15) is 0 Å². The number of nitrogens with zero attached hydrogens (tertiary/aromatic N) is 1. The Morgan fingerprint density at radius 2 is 1.88 bits per heavy atom. The van der Waals surface area contributed by atoms with Gasteiger partial charge in [0.15, 0.2) is 0 Å². The molecule has 1 aromatic heterocycles. The zero-order valence-corrected chi connectivity index (χ0v) is 10.9. The monoisotopic (exact) mass is 236 g/mol. The highest BCUT2D eigenvalue weighted by Gasteiger charge is 2.08. The lowest BCUT2D eigenvalue weighted by atomic mass is 10.1. The normalized spacial score (nSPS) is 17.1. The van der Waals surface area contributed by atoms with Gasteiger partial charge < -0.3 is 4.98 Å². The van der Waals surface area contributed by atoms with Crippen LogP contribution in [0.1, 0.15) is 30.8 Å². The van der Waals surface area contributed by atoms with Crippen molar-refractivity contribution >= 4 is 24.2 Å². The molecule has 3 heteroatoms. The molecular formula is C13H17ClN2. The minimum absolute atomic E-state index is 0. The predicted octanol–water partition coefficient (Wildman–Crippen LogP) is 3.82. The van der Waals surface area contributed by atoms with Gasteiger partial charge in [-0.15, -0.1) is 12.4 Å². The Hall–Kier alpha value is -1.28. The van der Waals surface area contributed by atoms with Gasteiger partial charge >= 0.3 is 0 Å². The van der Waals surface area contributed by atoms with Gasteiger partial charge in [-0.25, -0.2) is 0 Å². The van der Waals surface area contributed by atoms with E-state index in [1.165, 1.54) is 16.8 Å². The Bertz CT molecular complexity index is 490. The number of nitrogens with one attached hydrogen (secondary N) is 1. The summed E-state index contributed by atoms with van der Waals surface area (Å²) in [6.45, 7) is 8.30. The Balaban J connectivity index is 0.00000128. The summed E-state index contributed by atoms with van der Waals surface area (Å²) in [5.74, 6) is 0. The van der Waals surface area contributed by atoms with Crippen LogP contribution in [0.2, 0.25) is 0 Å². The van der Waals surface area contributed by atoms with Gasteiger partial charge in [-0.2, -0.15) is 0 Å². The third-order valence-electron chi connectivity index (χ3n) is 2.60. The lowest BCUT2D eigenvalue weighted by Crippen LogP contribution is -1.81. The van der Waals surface area contributed by atoms with E-state index in [1.807, 2.05) is 6.92 Å². The molecule has 1 aromatic rings. The van der Waals surface area contributed by atoms with Crippen LogP contribution in [-0.2, 0) is 0 Å². The summed E-state index contributed by atoms with van der Waals surface area (Å²) in [5.41, 5.74) is 7.01. The number of hydrogen-bond donors (Lipinski definition) is 1. The van der Waals surface area contributed by atoms with E-state index >= 15 is 0 Å². The van der Waals surface area contributed by atoms with Gasteiger partial charge in [0.05, 0.1) is 5.70 Å². The average Bonchev–Trinajstić information content (AvgIpc) is 2.58. The number of H-pyrrole nitrogens is 1. The number of aliphatic imine (C=N–C) groups is 1. The van der Waals surface area contributed by atoms with Gasteiger partial charge in [0.25, 0.3) is 0 Å². The Morgan fingerprint density at radius 1 is 1.19 bits per heavy atom. The lowest BCUT2D eigenvalue weighted by Gasteiger charge is -1.96. The fourth-order valence-corrected chi connectivity index (χ4v) is 1.88. The van der Waals surface area contributed by atoms with Gasteiger partial charge in [-0.3, -0.25) is 4.99 Å². The molecule has 1 aliphatic heterocycles. The van der Waals surface area contributed by atoms with Crippen LogP contribution in [0.3, 0.4) is 0 Å². The third-order valence-corrected chi connectivity index (χ3v) is 2.60. The first-order chi connectivity index (χ1) is 7.06. The zero-order chi connectivity index (χ0) is 11.0. The summed E-state index contributed by atoms with van der Waals surface area (Å²) < 4.78 is 0. The van der Waals surface area contributed by atoms with Crippen LogP contribution in [0.4, 0.5) is 0 Å². The van der Waals surface area contributed by atoms with Crippen LogP contribution in [0.15, 0.2) is 28.4 Å². The highest BCUT2D eigenvalue weighted by molar-refractivity contribution is 5.98. The van der Waals surface area contributed by atoms with Gasteiger partial charge in [-0.05, 0) is 57.0 Å². The smallest absolute Gasteiger partial charge is 0.0683 e. The van der Waals surface area contributed by atoms with Crippen molar-refractivity contribution in [1.82, 2.24) is 4.98 Å². The molecule has 0 unspecified atom stereocenters. The molecule has 0 aromatic carbocycles. The van der Waals surface area contributed by atoms with Crippen LogP contribution >= 0.6 is 12.4 Å². The molecule has 2 heterocycles. The molecule has 2 nitrogen and oxygen atoms in total. The van der Waals surface area contributed by atoms with E-state index in [0.29, 0.717) is 0 Å². The Morgan fingerprint density at radius 3 is 2.31 bits per heavy atom. The molecule has 0 saturated carbocycles. The largest absolute Gasteiger partial charge is 0.359 e. The molecule has 1 aliphatic rings. The van der Waals surface area contributed by atoms with Crippen LogP contribution < -0.4 is 0 Å². The summed E-state index contributed by atoms with van der Waals surface area (Å²) in [4.78, 5) is 7.81. The SMILES string of the molecule is CC1=CC(C)=N/C1=C\c1[nH]c(C)cc1C.Cl. The van der Waals surface area contributed by atoms with Crippen molar-refractivity contribution in [2.45, 2.75) is 27.7 Å². The van der Waals surface area contributed by atoms with E-state index in [0.717, 1.165) is 17.1 Å². The first-order valence-electron chi connectivity index (χ1n) is 5.18. The highest BCUT2D eigenvalue weighted by Crippen LogP contribution is 2.22. The Labute approximate surface area is 103 Å². The van der Waals surface area contributed by atoms with Crippen molar-refractivity contribution in [3.05, 3.63) is 40.4 Å². The zero-order valence-electron chi connectivity index (χ0n) is 10.1. The van der Waals surface area contributed by atoms with Crippen molar-refractivity contribution in [2.24, 2.45) is 4.99 Å². The van der Waals surface area contributed by atoms with E-state index < -0.39 is 0 Å². The summed E-state index contributed by atoms with van der Waals surface area (Å²) in [6, 6.07) is 2.15. The second-order valence-corrected chi connectivity index (χ2v) is 4.16. The molecule has 0 saturated heterocycles. The second-order valence-electron chi connectivity index (χ2n) is 4.16. The van der Waals surface area contributed by atoms with E-state index in [1.54, 1.807) is 0 Å². The fourth-order valence-electron chi connectivity index (χ4n) is 1.88. The molecule has 0 atom stereocenters. The fraction of sp³-hybridized carbons (Fsp3) is 0.308. The number of rotatable bonds is 1. The number of aromatic amines is 1. The first-order valence-corrected chi connectivity index (χ1v) is 5.18. The number of hydrogen-bond acceptors (Lipinski definition) is 1. The van der Waals surface area contributed by atoms with E-state index in [-0.39, 0.29) is 12.4 Å². The Kier molecular flexibility index (Phi) is 3.76. The standard InChI is InChI=1S/C13H16N2.ClH/c1-8-5-10(3)14-12(8)7-13-9(2)6-11(4)15-13;/h5-7,14H,1-4H3;1H/b13-7-;. The second kappa shape index (κ2) is 4.71. The number of allylic oxidation sites excluding steroid dienone is 2. The van der Waals surface area contributed by atoms with E-state index in [2.05, 4.69) is 49.0 Å². The van der Waals surface area contributed by atoms with Crippen molar-refractivity contribution in [3.8, 4) is 0 Å². The average molecular weight is 237 g/mol. The maximum atomic E-state index is 4.48. The topological polar surface area (TPSA) is 28.1 Å². The van der Waals surface area contributed by atoms with Gasteiger partial charge in [0.2, 0.25) is 0 Å². The number of aryl methyl sites for hydroxylation is 2. The third kappa shape index (κ3) is 2.45. The summed E-state index contributed by atoms with van der Waals surface area (Å²) in [5, 5.41) is 0. The molecule has 16 heavy (non-hydrogen) atoms. The van der Waals surface area contributed by atoms with Crippen LogP contribution in [0.25, 0.3) is 6.08 Å². The van der Waals surface area contributed by atoms with Gasteiger partial charge in [0, 0.05) is 17.1 Å². The van der Waals surface area contributed by atoms with Gasteiger partial charge in [-0.1, -0.05) is 0 Å². The molecule has 0 radical (unpaired) electrons. The minimum Gasteiger partial charge on any atom is -0.359 e. The number of halogens is 1. The highest BCUT2D eigenvalue weighted by atomic mass is 35.5. The van der Waals surface area contributed by atoms with Crippen molar-refractivity contribution in [2.75, 3.05) is 0 Å². The summed E-state index contributed by atoms with van der Waals surface area (Å²) in [7, 11) is 0. The van der Waals surface area contributed by atoms with Gasteiger partial charge in [0.1, 0.15) is 0 Å². The van der Waals surface area contributed by atoms with E-state index in [4.69, 9.17) is 0 Å². The van der Waals surface area contributed by atoms with Crippen LogP contribution in [-0.4, -0.2) is 10.7 Å². The lowest BCUT2D eigenvalue weighted by molar-refractivity contribution is 1.23. The molecule has 86 valence electrons. The minimum atomic E-state index is 0. The van der Waals surface area contributed by atoms with Crippen molar-refractivity contribution in [1.29, 1.82) is 0 Å². The molecule has 0 fully saturated rings. The summed E-state index contributed by atoms with van der Waals surface area (Å²) >= 11 is 0. The maximum absolute atomic E-state index is 4.48. The molecule has 2 rings (SSSR count). The summed E-state index contributed by atoms with van der Waals surface area (Å²) in [6.07, 6.45) is 4.22. The van der Waals surface area contributed by atoms with Crippen LogP contribution in [0.5, 0.6) is 0 Å². The predicted molar refractivity (Wildman–Crippen MR) is 72.4 cm³/mol. The quantitative estimate of drug-likeness (QED) is 0.768. The molecule has 0 bridgehead atoms. The van der Waals surface area contributed by atoms with Crippen molar-refractivity contribution < 1.29 is 0 Å². The van der Waals surface area contributed by atoms with Crippen LogP contribution in [0, 0.1) is 13.8 Å². The first kappa shape index (κ1) is 12.8. The molecular weight excluding hydrogens is 220 g/mol. The molecule has 0 amide bonds. The molecule has 0 aliphatic carbocycles. The van der Waals surface area contributed by atoms with Crippen molar-refractivity contribution in [3.63, 3.8) is 0 Å². The maximum Gasteiger partial charge on any atom is 0.0683 e.